The fraction of sp³-hybridized carbons (Fsp3) is 0.294. The second-order valence-corrected chi connectivity index (χ2v) is 5.38. The lowest BCUT2D eigenvalue weighted by molar-refractivity contribution is -0.422. The van der Waals surface area contributed by atoms with E-state index in [2.05, 4.69) is 35.2 Å². The molecule has 1 aliphatic rings. The number of hydrogen-bond acceptors (Lipinski definition) is 6. The van der Waals surface area contributed by atoms with E-state index in [1.165, 1.54) is 17.7 Å². The molecule has 0 atom stereocenters. The Bertz CT molecular complexity index is 669. The van der Waals surface area contributed by atoms with Gasteiger partial charge in [0.05, 0.1) is 23.1 Å². The lowest BCUT2D eigenvalue weighted by Crippen LogP contribution is -2.35. The number of nitrogens with zero attached hydrogens (tertiary/aromatic N) is 3. The van der Waals surface area contributed by atoms with Crippen LogP contribution in [0.4, 0.5) is 11.4 Å². The van der Waals surface area contributed by atoms with Gasteiger partial charge in [0, 0.05) is 31.8 Å². The molecule has 0 N–H and O–H groups in total. The molecule has 0 amide bonds. The minimum absolute atomic E-state index is 0.484. The summed E-state index contributed by atoms with van der Waals surface area (Å²) >= 11 is 0. The van der Waals surface area contributed by atoms with Gasteiger partial charge in [-0.15, -0.1) is 0 Å². The smallest absolute Gasteiger partial charge is 0.346 e. The number of ether oxygens (including phenoxy) is 1. The number of rotatable bonds is 4. The van der Waals surface area contributed by atoms with Crippen LogP contribution in [0.1, 0.15) is 5.56 Å². The maximum Gasteiger partial charge on any atom is 0.346 e. The molecule has 0 aromatic heterocycles. The number of morpholine rings is 1. The van der Waals surface area contributed by atoms with Gasteiger partial charge in [0.1, 0.15) is 0 Å². The van der Waals surface area contributed by atoms with Gasteiger partial charge in [-0.2, -0.15) is 0 Å². The number of nitro benzene ring substituents is 2. The van der Waals surface area contributed by atoms with Gasteiger partial charge in [-0.1, -0.05) is 42.5 Å². The van der Waals surface area contributed by atoms with Crippen LogP contribution in [-0.2, 0) is 11.3 Å². The molecule has 8 nitrogen and oxygen atoms in total. The predicted molar refractivity (Wildman–Crippen MR) is 92.3 cm³/mol. The van der Waals surface area contributed by atoms with Crippen LogP contribution in [0.25, 0.3) is 0 Å². The van der Waals surface area contributed by atoms with E-state index in [0.717, 1.165) is 45.0 Å². The number of benzene rings is 2. The molecule has 1 aliphatic heterocycles. The van der Waals surface area contributed by atoms with E-state index in [1.54, 1.807) is 0 Å². The molecule has 25 heavy (non-hydrogen) atoms. The summed E-state index contributed by atoms with van der Waals surface area (Å²) in [6.45, 7) is 4.95. The molecule has 0 aliphatic carbocycles. The molecule has 3 rings (SSSR count). The number of hydrogen-bond donors (Lipinski definition) is 0. The van der Waals surface area contributed by atoms with Crippen molar-refractivity contribution in [3.05, 3.63) is 80.4 Å². The van der Waals surface area contributed by atoms with Crippen molar-refractivity contribution in [1.29, 1.82) is 0 Å². The first-order valence-electron chi connectivity index (χ1n) is 7.80. The van der Waals surface area contributed by atoms with E-state index >= 15 is 0 Å². The molecule has 0 spiro atoms. The highest BCUT2D eigenvalue weighted by Gasteiger charge is 2.21. The van der Waals surface area contributed by atoms with Crippen molar-refractivity contribution in [2.75, 3.05) is 26.3 Å². The maximum atomic E-state index is 10.2. The molecule has 132 valence electrons. The van der Waals surface area contributed by atoms with E-state index in [-0.39, 0.29) is 0 Å². The summed E-state index contributed by atoms with van der Waals surface area (Å²) in [5.74, 6) is 0. The highest BCUT2D eigenvalue weighted by atomic mass is 16.6. The van der Waals surface area contributed by atoms with E-state index in [4.69, 9.17) is 4.74 Å². The summed E-state index contributed by atoms with van der Waals surface area (Å²) in [5.41, 5.74) is 0.425. The minimum Gasteiger partial charge on any atom is -0.379 e. The molecule has 2 aromatic carbocycles. The van der Waals surface area contributed by atoms with Gasteiger partial charge in [0.15, 0.2) is 0 Å². The molecule has 1 fully saturated rings. The summed E-state index contributed by atoms with van der Waals surface area (Å²) in [6, 6.07) is 15.5. The summed E-state index contributed by atoms with van der Waals surface area (Å²) in [7, 11) is 0. The summed E-state index contributed by atoms with van der Waals surface area (Å²) in [4.78, 5) is 21.3. The molecule has 0 bridgehead atoms. The second-order valence-electron chi connectivity index (χ2n) is 5.38. The predicted octanol–water partition coefficient (Wildman–Crippen LogP) is 3.02. The zero-order valence-corrected chi connectivity index (χ0v) is 13.6. The third-order valence-corrected chi connectivity index (χ3v) is 3.63. The monoisotopic (exact) mass is 345 g/mol. The number of nitro groups is 2. The van der Waals surface area contributed by atoms with Crippen molar-refractivity contribution in [1.82, 2.24) is 4.90 Å². The van der Waals surface area contributed by atoms with Gasteiger partial charge >= 0.3 is 11.4 Å². The average molecular weight is 345 g/mol. The van der Waals surface area contributed by atoms with Crippen molar-refractivity contribution in [3.8, 4) is 0 Å². The van der Waals surface area contributed by atoms with Crippen molar-refractivity contribution < 1.29 is 14.6 Å². The fourth-order valence-electron chi connectivity index (χ4n) is 2.37. The van der Waals surface area contributed by atoms with Crippen LogP contribution in [-0.4, -0.2) is 41.0 Å². The summed E-state index contributed by atoms with van der Waals surface area (Å²) < 4.78 is 5.30. The Labute approximate surface area is 144 Å². The summed E-state index contributed by atoms with van der Waals surface area (Å²) in [6.07, 6.45) is 0. The van der Waals surface area contributed by atoms with Crippen molar-refractivity contribution in [3.63, 3.8) is 0 Å². The van der Waals surface area contributed by atoms with Crippen LogP contribution in [0.15, 0.2) is 54.6 Å². The standard InChI is InChI=1S/C11H15NO.C6H4N2O4/c1-2-4-11(5-3-1)10-12-6-8-13-9-7-12;9-7(10)5-3-1-2-4-6(5)8(11)12/h1-5H,6-10H2;1-4H. The van der Waals surface area contributed by atoms with Crippen molar-refractivity contribution in [2.45, 2.75) is 6.54 Å². The van der Waals surface area contributed by atoms with Gasteiger partial charge in [-0.05, 0) is 5.56 Å². The van der Waals surface area contributed by atoms with Crippen molar-refractivity contribution >= 4 is 11.4 Å². The largest absolute Gasteiger partial charge is 0.379 e. The normalized spacial score (nSPS) is 14.2. The van der Waals surface area contributed by atoms with Crippen LogP contribution in [0.2, 0.25) is 0 Å². The molecular weight excluding hydrogens is 326 g/mol. The van der Waals surface area contributed by atoms with Crippen molar-refractivity contribution in [2.24, 2.45) is 0 Å². The van der Waals surface area contributed by atoms with Gasteiger partial charge in [-0.25, -0.2) is 0 Å². The van der Waals surface area contributed by atoms with Crippen LogP contribution in [0.3, 0.4) is 0 Å². The summed E-state index contributed by atoms with van der Waals surface area (Å²) in [5, 5.41) is 20.5. The van der Waals surface area contributed by atoms with E-state index < -0.39 is 21.2 Å². The lowest BCUT2D eigenvalue weighted by atomic mass is 10.2. The topological polar surface area (TPSA) is 98.8 Å². The zero-order valence-electron chi connectivity index (χ0n) is 13.6. The average Bonchev–Trinajstić information content (AvgIpc) is 2.64. The van der Waals surface area contributed by atoms with Gasteiger partial charge in [0.2, 0.25) is 0 Å². The number of para-hydroxylation sites is 2. The minimum atomic E-state index is -0.780. The molecule has 0 radical (unpaired) electrons. The quantitative estimate of drug-likeness (QED) is 0.624. The van der Waals surface area contributed by atoms with E-state index in [9.17, 15) is 20.2 Å². The molecule has 0 unspecified atom stereocenters. The van der Waals surface area contributed by atoms with Crippen LogP contribution >= 0.6 is 0 Å². The van der Waals surface area contributed by atoms with E-state index in [0.29, 0.717) is 0 Å². The van der Waals surface area contributed by atoms with Crippen LogP contribution in [0, 0.1) is 20.2 Å². The van der Waals surface area contributed by atoms with Crippen LogP contribution < -0.4 is 0 Å². The Hall–Kier alpha value is -2.84. The second kappa shape index (κ2) is 9.45. The third kappa shape index (κ3) is 5.94. The van der Waals surface area contributed by atoms with Gasteiger partial charge < -0.3 is 4.74 Å². The molecular formula is C17H19N3O5. The van der Waals surface area contributed by atoms with E-state index in [1.807, 2.05) is 0 Å². The Morgan fingerprint density at radius 3 is 1.80 bits per heavy atom. The third-order valence-electron chi connectivity index (χ3n) is 3.63. The molecule has 1 heterocycles. The van der Waals surface area contributed by atoms with Crippen LogP contribution in [0.5, 0.6) is 0 Å². The lowest BCUT2D eigenvalue weighted by Gasteiger charge is -2.26. The first kappa shape index (κ1) is 18.5. The molecule has 2 aromatic rings. The molecule has 1 saturated heterocycles. The Kier molecular flexibility index (Phi) is 7.00. The highest BCUT2D eigenvalue weighted by Crippen LogP contribution is 2.24. The Morgan fingerprint density at radius 1 is 0.840 bits per heavy atom. The van der Waals surface area contributed by atoms with Gasteiger partial charge in [-0.3, -0.25) is 25.1 Å². The fourth-order valence-corrected chi connectivity index (χ4v) is 2.37. The first-order chi connectivity index (χ1) is 12.1. The maximum absolute atomic E-state index is 10.2. The zero-order chi connectivity index (χ0) is 18.1. The molecule has 0 saturated carbocycles. The highest BCUT2D eigenvalue weighted by molar-refractivity contribution is 5.51. The Balaban J connectivity index is 0.000000181. The SMILES string of the molecule is O=[N+]([O-])c1ccccc1[N+](=O)[O-].c1ccc(CN2CCOCC2)cc1. The van der Waals surface area contributed by atoms with Gasteiger partial charge in [0.25, 0.3) is 0 Å². The first-order valence-corrected chi connectivity index (χ1v) is 7.80. The molecule has 8 heteroatoms. The Morgan fingerprint density at radius 2 is 1.32 bits per heavy atom.